The van der Waals surface area contributed by atoms with Gasteiger partial charge in [-0.05, 0) is 49.1 Å². The Labute approximate surface area is 179 Å². The van der Waals surface area contributed by atoms with Gasteiger partial charge in [-0.15, -0.1) is 0 Å². The van der Waals surface area contributed by atoms with Gasteiger partial charge >= 0.3 is 0 Å². The van der Waals surface area contributed by atoms with Gasteiger partial charge in [-0.3, -0.25) is 4.79 Å². The second-order valence-electron chi connectivity index (χ2n) is 7.22. The fourth-order valence-corrected chi connectivity index (χ4v) is 4.27. The van der Waals surface area contributed by atoms with Crippen molar-refractivity contribution in [2.45, 2.75) is 36.7 Å². The van der Waals surface area contributed by atoms with Gasteiger partial charge in [0.1, 0.15) is 6.10 Å². The molecule has 2 aromatic carbocycles. The van der Waals surface area contributed by atoms with E-state index >= 15 is 0 Å². The van der Waals surface area contributed by atoms with Crippen molar-refractivity contribution in [3.8, 4) is 5.88 Å². The molecule has 1 fully saturated rings. The van der Waals surface area contributed by atoms with Gasteiger partial charge in [-0.25, -0.2) is 18.5 Å². The van der Waals surface area contributed by atoms with E-state index in [0.717, 1.165) is 19.3 Å². The summed E-state index contributed by atoms with van der Waals surface area (Å²) >= 11 is 6.12. The summed E-state index contributed by atoms with van der Waals surface area (Å²) in [5.74, 6) is -0.0162. The number of rotatable bonds is 6. The number of amides is 1. The molecule has 156 valence electrons. The summed E-state index contributed by atoms with van der Waals surface area (Å²) in [5.41, 5.74) is 0.954. The molecule has 1 aromatic heterocycles. The molecule has 0 saturated heterocycles. The number of primary sulfonamides is 1. The van der Waals surface area contributed by atoms with Gasteiger partial charge in [-0.2, -0.15) is 0 Å². The minimum atomic E-state index is -4.05. The molecule has 0 aliphatic heterocycles. The van der Waals surface area contributed by atoms with E-state index in [0.29, 0.717) is 27.2 Å². The van der Waals surface area contributed by atoms with Crippen molar-refractivity contribution in [2.75, 3.05) is 5.32 Å². The molecule has 1 saturated carbocycles. The highest BCUT2D eigenvalue weighted by Crippen LogP contribution is 2.34. The molecule has 0 bridgehead atoms. The quantitative estimate of drug-likeness (QED) is 0.601. The molecule has 7 nitrogen and oxygen atoms in total. The lowest BCUT2D eigenvalue weighted by Crippen LogP contribution is -2.25. The largest absolute Gasteiger partial charge is 0.474 e. The van der Waals surface area contributed by atoms with E-state index in [2.05, 4.69) is 10.3 Å². The Kier molecular flexibility index (Phi) is 5.64. The molecule has 1 aliphatic rings. The second-order valence-corrected chi connectivity index (χ2v) is 9.15. The first-order valence-corrected chi connectivity index (χ1v) is 11.4. The van der Waals surface area contributed by atoms with Gasteiger partial charge in [-0.1, -0.05) is 29.8 Å². The van der Waals surface area contributed by atoms with Gasteiger partial charge < -0.3 is 10.1 Å². The van der Waals surface area contributed by atoms with Crippen LogP contribution in [0.4, 0.5) is 5.69 Å². The number of halogens is 1. The zero-order chi connectivity index (χ0) is 21.3. The molecule has 1 heterocycles. The summed E-state index contributed by atoms with van der Waals surface area (Å²) in [4.78, 5) is 16.7. The number of carbonyl (C=O) groups is 1. The number of benzene rings is 2. The molecular formula is C21H20ClN3O4S. The number of pyridine rings is 1. The van der Waals surface area contributed by atoms with Crippen LogP contribution in [0.1, 0.15) is 24.8 Å². The Morgan fingerprint density at radius 3 is 2.63 bits per heavy atom. The maximum Gasteiger partial charge on any atom is 0.238 e. The lowest BCUT2D eigenvalue weighted by atomic mass is 9.96. The normalized spacial score (nSPS) is 14.3. The molecule has 0 spiro atoms. The van der Waals surface area contributed by atoms with E-state index in [1.165, 1.54) is 12.3 Å². The molecule has 0 atom stereocenters. The summed E-state index contributed by atoms with van der Waals surface area (Å²) in [6, 6.07) is 11.6. The van der Waals surface area contributed by atoms with Crippen molar-refractivity contribution in [1.29, 1.82) is 0 Å². The highest BCUT2D eigenvalue weighted by Gasteiger charge is 2.23. The number of sulfonamides is 1. The van der Waals surface area contributed by atoms with Crippen molar-refractivity contribution in [3.05, 3.63) is 59.2 Å². The van der Waals surface area contributed by atoms with Crippen LogP contribution in [0.2, 0.25) is 5.02 Å². The predicted molar refractivity (Wildman–Crippen MR) is 115 cm³/mol. The van der Waals surface area contributed by atoms with Crippen molar-refractivity contribution in [3.63, 3.8) is 0 Å². The zero-order valence-corrected chi connectivity index (χ0v) is 17.5. The van der Waals surface area contributed by atoms with Crippen LogP contribution in [0, 0.1) is 0 Å². The van der Waals surface area contributed by atoms with E-state index in [1.54, 1.807) is 36.4 Å². The lowest BCUT2D eigenvalue weighted by Gasteiger charge is -2.26. The standard InChI is InChI=1S/C21H20ClN3O4S/c22-18-7-2-1-4-13(18)10-20(26)25-14-11-17-16(19(12-14)30(23,27)28)8-9-24-21(17)29-15-5-3-6-15/h1-2,4,7-9,11-12,15H,3,5-6,10H2,(H,25,26)(H2,23,27,28). The maximum absolute atomic E-state index is 12.6. The van der Waals surface area contributed by atoms with Gasteiger partial charge in [0, 0.05) is 27.7 Å². The van der Waals surface area contributed by atoms with Crippen LogP contribution in [0.3, 0.4) is 0 Å². The van der Waals surface area contributed by atoms with Gasteiger partial charge in [0.15, 0.2) is 0 Å². The molecule has 0 unspecified atom stereocenters. The van der Waals surface area contributed by atoms with Crippen LogP contribution < -0.4 is 15.2 Å². The summed E-state index contributed by atoms with van der Waals surface area (Å²) in [7, 11) is -4.05. The Morgan fingerprint density at radius 2 is 1.97 bits per heavy atom. The van der Waals surface area contributed by atoms with Crippen molar-refractivity contribution < 1.29 is 17.9 Å². The van der Waals surface area contributed by atoms with Crippen LogP contribution in [-0.4, -0.2) is 25.4 Å². The first-order valence-electron chi connectivity index (χ1n) is 9.47. The summed E-state index contributed by atoms with van der Waals surface area (Å²) < 4.78 is 30.3. The van der Waals surface area contributed by atoms with Crippen LogP contribution in [-0.2, 0) is 21.2 Å². The molecule has 4 rings (SSSR count). The number of aromatic nitrogens is 1. The van der Waals surface area contributed by atoms with Crippen LogP contribution in [0.5, 0.6) is 5.88 Å². The molecule has 3 aromatic rings. The van der Waals surface area contributed by atoms with E-state index in [4.69, 9.17) is 21.5 Å². The number of nitrogens with one attached hydrogen (secondary N) is 1. The van der Waals surface area contributed by atoms with Crippen molar-refractivity contribution in [2.24, 2.45) is 5.14 Å². The van der Waals surface area contributed by atoms with E-state index in [1.807, 2.05) is 0 Å². The Bertz CT molecular complexity index is 1230. The Balaban J connectivity index is 1.71. The molecule has 3 N–H and O–H groups in total. The molecular weight excluding hydrogens is 426 g/mol. The Hall–Kier alpha value is -2.68. The van der Waals surface area contributed by atoms with Crippen LogP contribution in [0.25, 0.3) is 10.8 Å². The minimum Gasteiger partial charge on any atom is -0.474 e. The number of nitrogens with zero attached hydrogens (tertiary/aromatic N) is 1. The lowest BCUT2D eigenvalue weighted by molar-refractivity contribution is -0.115. The number of ether oxygens (including phenoxy) is 1. The highest BCUT2D eigenvalue weighted by atomic mass is 35.5. The van der Waals surface area contributed by atoms with Crippen molar-refractivity contribution in [1.82, 2.24) is 4.98 Å². The SMILES string of the molecule is NS(=O)(=O)c1cc(NC(=O)Cc2ccccc2Cl)cc2c(OC3CCC3)nccc12. The molecule has 1 aliphatic carbocycles. The monoisotopic (exact) mass is 445 g/mol. The third-order valence-corrected chi connectivity index (χ3v) is 6.35. The van der Waals surface area contributed by atoms with Gasteiger partial charge in [0.05, 0.1) is 11.3 Å². The topological polar surface area (TPSA) is 111 Å². The fourth-order valence-electron chi connectivity index (χ4n) is 3.29. The third kappa shape index (κ3) is 4.40. The van der Waals surface area contributed by atoms with Crippen LogP contribution >= 0.6 is 11.6 Å². The van der Waals surface area contributed by atoms with Crippen molar-refractivity contribution >= 4 is 44.0 Å². The van der Waals surface area contributed by atoms with E-state index in [9.17, 15) is 13.2 Å². The van der Waals surface area contributed by atoms with Gasteiger partial charge in [0.25, 0.3) is 0 Å². The molecule has 30 heavy (non-hydrogen) atoms. The average Bonchev–Trinajstić information content (AvgIpc) is 2.65. The minimum absolute atomic E-state index is 0.0425. The summed E-state index contributed by atoms with van der Waals surface area (Å²) in [6.45, 7) is 0. The number of hydrogen-bond donors (Lipinski definition) is 2. The number of hydrogen-bond acceptors (Lipinski definition) is 5. The highest BCUT2D eigenvalue weighted by molar-refractivity contribution is 7.89. The number of fused-ring (bicyclic) bond motifs is 1. The average molecular weight is 446 g/mol. The van der Waals surface area contributed by atoms with Crippen LogP contribution in [0.15, 0.2) is 53.6 Å². The number of carbonyl (C=O) groups excluding carboxylic acids is 1. The smallest absolute Gasteiger partial charge is 0.238 e. The molecule has 0 radical (unpaired) electrons. The van der Waals surface area contributed by atoms with E-state index < -0.39 is 10.0 Å². The van der Waals surface area contributed by atoms with Gasteiger partial charge in [0.2, 0.25) is 21.8 Å². The number of nitrogens with two attached hydrogens (primary N) is 1. The predicted octanol–water partition coefficient (Wildman–Crippen LogP) is 3.65. The first kappa shape index (κ1) is 20.6. The fraction of sp³-hybridized carbons (Fsp3) is 0.238. The summed E-state index contributed by atoms with van der Waals surface area (Å²) in [6.07, 6.45) is 4.52. The Morgan fingerprint density at radius 1 is 1.20 bits per heavy atom. The second kappa shape index (κ2) is 8.22. The molecule has 9 heteroatoms. The molecule has 1 amide bonds. The summed E-state index contributed by atoms with van der Waals surface area (Å²) in [5, 5.41) is 9.52. The first-order chi connectivity index (χ1) is 14.3. The van der Waals surface area contributed by atoms with E-state index in [-0.39, 0.29) is 29.0 Å². The zero-order valence-electron chi connectivity index (χ0n) is 16.0. The number of anilines is 1. The third-order valence-electron chi connectivity index (χ3n) is 5.04. The maximum atomic E-state index is 12.6.